The lowest BCUT2D eigenvalue weighted by Crippen LogP contribution is -2.30. The molecule has 0 saturated heterocycles. The number of carboxylic acid groups (broad SMARTS) is 1. The van der Waals surface area contributed by atoms with E-state index in [0.29, 0.717) is 17.0 Å². The average molecular weight is 347 g/mol. The molecular weight excluding hydrogens is 330 g/mol. The number of carbonyl (C=O) groups is 1. The van der Waals surface area contributed by atoms with E-state index in [2.05, 4.69) is 0 Å². The predicted octanol–water partition coefficient (Wildman–Crippen LogP) is 2.46. The second-order valence-electron chi connectivity index (χ2n) is 5.57. The molecule has 6 nitrogen and oxygen atoms in total. The largest absolute Gasteiger partial charge is 0.497 e. The first-order valence-electron chi connectivity index (χ1n) is 7.41. The van der Waals surface area contributed by atoms with Gasteiger partial charge in [-0.1, -0.05) is 18.2 Å². The van der Waals surface area contributed by atoms with Crippen molar-refractivity contribution in [2.45, 2.75) is 17.2 Å². The summed E-state index contributed by atoms with van der Waals surface area (Å²) in [5.41, 5.74) is 1.18. The number of fused-ring (bicyclic) bond motifs is 1. The van der Waals surface area contributed by atoms with Gasteiger partial charge >= 0.3 is 5.97 Å². The molecule has 126 valence electrons. The Morgan fingerprint density at radius 1 is 1.25 bits per heavy atom. The molecule has 0 spiro atoms. The highest BCUT2D eigenvalue weighted by Gasteiger charge is 2.37. The third kappa shape index (κ3) is 2.82. The molecule has 2 aromatic carbocycles. The van der Waals surface area contributed by atoms with Gasteiger partial charge in [0.05, 0.1) is 24.1 Å². The van der Waals surface area contributed by atoms with Crippen LogP contribution in [0.3, 0.4) is 0 Å². The van der Waals surface area contributed by atoms with E-state index in [9.17, 15) is 13.2 Å². The van der Waals surface area contributed by atoms with Crippen molar-refractivity contribution < 1.29 is 23.1 Å². The highest BCUT2D eigenvalue weighted by atomic mass is 32.2. The summed E-state index contributed by atoms with van der Waals surface area (Å²) in [6.45, 7) is 0.103. The lowest BCUT2D eigenvalue weighted by Gasteiger charge is -2.20. The van der Waals surface area contributed by atoms with Gasteiger partial charge in [0.2, 0.25) is 0 Å². The predicted molar refractivity (Wildman–Crippen MR) is 89.0 cm³/mol. The fraction of sp³-hybridized carbons (Fsp3) is 0.235. The maximum atomic E-state index is 12.9. The zero-order valence-corrected chi connectivity index (χ0v) is 13.9. The molecule has 0 aromatic heterocycles. The third-order valence-corrected chi connectivity index (χ3v) is 5.88. The Bertz CT molecular complexity index is 864. The van der Waals surface area contributed by atoms with Crippen molar-refractivity contribution in [2.24, 2.45) is 0 Å². The van der Waals surface area contributed by atoms with Gasteiger partial charge < -0.3 is 9.84 Å². The first-order valence-corrected chi connectivity index (χ1v) is 8.85. The summed E-state index contributed by atoms with van der Waals surface area (Å²) in [6, 6.07) is 13.2. The fourth-order valence-electron chi connectivity index (χ4n) is 2.94. The van der Waals surface area contributed by atoms with Crippen molar-refractivity contribution >= 4 is 21.7 Å². The third-order valence-electron chi connectivity index (χ3n) is 4.08. The first-order chi connectivity index (χ1) is 11.4. The van der Waals surface area contributed by atoms with Crippen LogP contribution >= 0.6 is 0 Å². The molecule has 1 heterocycles. The number of anilines is 1. The number of ether oxygens (including phenoxy) is 1. The Morgan fingerprint density at radius 3 is 2.58 bits per heavy atom. The number of rotatable bonds is 5. The summed E-state index contributed by atoms with van der Waals surface area (Å²) in [7, 11) is -2.23. The minimum absolute atomic E-state index is 0.103. The minimum atomic E-state index is -3.74. The molecule has 3 rings (SSSR count). The molecule has 1 unspecified atom stereocenters. The summed E-state index contributed by atoms with van der Waals surface area (Å²) >= 11 is 0. The van der Waals surface area contributed by atoms with Crippen LogP contribution in [0.1, 0.15) is 17.9 Å². The van der Waals surface area contributed by atoms with Gasteiger partial charge in [0, 0.05) is 12.5 Å². The summed E-state index contributed by atoms with van der Waals surface area (Å²) in [5.74, 6) is -0.804. The van der Waals surface area contributed by atoms with Gasteiger partial charge in [-0.15, -0.1) is 0 Å². The van der Waals surface area contributed by atoms with E-state index in [1.807, 2.05) is 0 Å². The standard InChI is InChI=1S/C17H17NO5S/c1-23-13-7-8-16-15(10-13)12(9-17(19)20)11-18(16)24(21,22)14-5-3-2-4-6-14/h2-8,10,12H,9,11H2,1H3,(H,19,20). The molecular formula is C17H17NO5S. The summed E-state index contributed by atoms with van der Waals surface area (Å²) in [5, 5.41) is 9.13. The summed E-state index contributed by atoms with van der Waals surface area (Å²) in [4.78, 5) is 11.3. The van der Waals surface area contributed by atoms with E-state index in [1.165, 1.54) is 23.5 Å². The number of carboxylic acids is 1. The molecule has 0 aliphatic carbocycles. The number of hydrogen-bond donors (Lipinski definition) is 1. The lowest BCUT2D eigenvalue weighted by atomic mass is 9.98. The van der Waals surface area contributed by atoms with Gasteiger partial charge in [0.25, 0.3) is 10.0 Å². The van der Waals surface area contributed by atoms with E-state index in [-0.39, 0.29) is 17.9 Å². The van der Waals surface area contributed by atoms with Crippen LogP contribution in [0.5, 0.6) is 5.75 Å². The number of aliphatic carboxylic acids is 1. The van der Waals surface area contributed by atoms with Gasteiger partial charge in [0.15, 0.2) is 0 Å². The molecule has 0 amide bonds. The van der Waals surface area contributed by atoms with Crippen molar-refractivity contribution in [1.29, 1.82) is 0 Å². The number of hydrogen-bond acceptors (Lipinski definition) is 4. The quantitative estimate of drug-likeness (QED) is 0.898. The highest BCUT2D eigenvalue weighted by Crippen LogP contribution is 2.42. The Kier molecular flexibility index (Phi) is 4.19. The van der Waals surface area contributed by atoms with Crippen molar-refractivity contribution in [3.05, 3.63) is 54.1 Å². The summed E-state index contributed by atoms with van der Waals surface area (Å²) < 4.78 is 32.3. The van der Waals surface area contributed by atoms with Crippen molar-refractivity contribution in [1.82, 2.24) is 0 Å². The first kappa shape index (κ1) is 16.3. The van der Waals surface area contributed by atoms with Gasteiger partial charge in [-0.05, 0) is 35.9 Å². The van der Waals surface area contributed by atoms with Crippen LogP contribution in [0.2, 0.25) is 0 Å². The molecule has 0 bridgehead atoms. The van der Waals surface area contributed by atoms with E-state index in [1.54, 1.807) is 36.4 Å². The molecule has 7 heteroatoms. The number of methoxy groups -OCH3 is 1. The smallest absolute Gasteiger partial charge is 0.304 e. The fourth-order valence-corrected chi connectivity index (χ4v) is 4.50. The number of sulfonamides is 1. The molecule has 24 heavy (non-hydrogen) atoms. The molecule has 1 aliphatic heterocycles. The maximum absolute atomic E-state index is 12.9. The van der Waals surface area contributed by atoms with Crippen LogP contribution in [0, 0.1) is 0 Å². The van der Waals surface area contributed by atoms with Crippen LogP contribution in [-0.4, -0.2) is 33.1 Å². The van der Waals surface area contributed by atoms with Gasteiger partial charge in [-0.3, -0.25) is 9.10 Å². The molecule has 2 aromatic rings. The molecule has 1 N–H and O–H groups in total. The van der Waals surface area contributed by atoms with Crippen molar-refractivity contribution in [2.75, 3.05) is 18.0 Å². The van der Waals surface area contributed by atoms with E-state index in [0.717, 1.165) is 0 Å². The number of benzene rings is 2. The minimum Gasteiger partial charge on any atom is -0.497 e. The topological polar surface area (TPSA) is 83.9 Å². The average Bonchev–Trinajstić information content (AvgIpc) is 2.93. The van der Waals surface area contributed by atoms with Gasteiger partial charge in [-0.2, -0.15) is 0 Å². The van der Waals surface area contributed by atoms with Gasteiger partial charge in [0.1, 0.15) is 5.75 Å². The zero-order valence-electron chi connectivity index (χ0n) is 13.0. The van der Waals surface area contributed by atoms with Crippen molar-refractivity contribution in [3.63, 3.8) is 0 Å². The highest BCUT2D eigenvalue weighted by molar-refractivity contribution is 7.92. The maximum Gasteiger partial charge on any atom is 0.304 e. The Labute approximate surface area is 140 Å². The summed E-state index contributed by atoms with van der Waals surface area (Å²) in [6.07, 6.45) is -0.138. The van der Waals surface area contributed by atoms with E-state index >= 15 is 0 Å². The van der Waals surface area contributed by atoms with Crippen LogP contribution in [0.15, 0.2) is 53.4 Å². The molecule has 1 atom stereocenters. The van der Waals surface area contributed by atoms with Crippen LogP contribution in [0.25, 0.3) is 0 Å². The Morgan fingerprint density at radius 2 is 1.96 bits per heavy atom. The SMILES string of the molecule is COc1ccc2c(c1)C(CC(=O)O)CN2S(=O)(=O)c1ccccc1. The van der Waals surface area contributed by atoms with Crippen LogP contribution in [0.4, 0.5) is 5.69 Å². The lowest BCUT2D eigenvalue weighted by molar-refractivity contribution is -0.137. The van der Waals surface area contributed by atoms with Crippen molar-refractivity contribution in [3.8, 4) is 5.75 Å². The van der Waals surface area contributed by atoms with E-state index in [4.69, 9.17) is 9.84 Å². The second-order valence-corrected chi connectivity index (χ2v) is 7.43. The van der Waals surface area contributed by atoms with E-state index < -0.39 is 21.9 Å². The normalized spacial score (nSPS) is 16.7. The second kappa shape index (κ2) is 6.16. The molecule has 0 radical (unpaired) electrons. The Balaban J connectivity index is 2.07. The number of nitrogens with zero attached hydrogens (tertiary/aromatic N) is 1. The monoisotopic (exact) mass is 347 g/mol. The van der Waals surface area contributed by atoms with Crippen LogP contribution in [-0.2, 0) is 14.8 Å². The van der Waals surface area contributed by atoms with Gasteiger partial charge in [-0.25, -0.2) is 8.42 Å². The zero-order chi connectivity index (χ0) is 17.3. The molecule has 1 aliphatic rings. The molecule has 0 fully saturated rings. The van der Waals surface area contributed by atoms with Crippen LogP contribution < -0.4 is 9.04 Å². The molecule has 0 saturated carbocycles. The Hall–Kier alpha value is -2.54.